The predicted molar refractivity (Wildman–Crippen MR) is 136 cm³/mol. The van der Waals surface area contributed by atoms with Gasteiger partial charge in [0.25, 0.3) is 0 Å². The number of hydrogen-bond donors (Lipinski definition) is 1. The Morgan fingerprint density at radius 3 is 2.50 bits per heavy atom. The summed E-state index contributed by atoms with van der Waals surface area (Å²) in [7, 11) is 0. The molecule has 0 aliphatic carbocycles. The molecule has 8 heteroatoms. The maximum absolute atomic E-state index is 15.3. The second-order valence-electron chi connectivity index (χ2n) is 8.92. The summed E-state index contributed by atoms with van der Waals surface area (Å²) in [5, 5.41) is 9.46. The highest BCUT2D eigenvalue weighted by atomic mass is 19.1. The number of halogens is 2. The van der Waals surface area contributed by atoms with E-state index in [0.717, 1.165) is 18.1 Å². The first-order valence-corrected chi connectivity index (χ1v) is 11.5. The summed E-state index contributed by atoms with van der Waals surface area (Å²) in [6.07, 6.45) is 3.76. The molecular formula is C28H23F2N3O3. The molecule has 1 aliphatic heterocycles. The van der Waals surface area contributed by atoms with Crippen LogP contribution in [0.4, 0.5) is 14.5 Å². The van der Waals surface area contributed by atoms with Crippen LogP contribution in [0.2, 0.25) is 0 Å². The van der Waals surface area contributed by atoms with E-state index in [-0.39, 0.29) is 11.4 Å². The molecule has 5 rings (SSSR count). The van der Waals surface area contributed by atoms with E-state index in [0.29, 0.717) is 30.0 Å². The molecule has 0 bridgehead atoms. The monoisotopic (exact) mass is 487 g/mol. The molecular weight excluding hydrogens is 464 g/mol. The van der Waals surface area contributed by atoms with Crippen molar-refractivity contribution < 1.29 is 18.7 Å². The Labute approximate surface area is 205 Å². The van der Waals surface area contributed by atoms with Crippen molar-refractivity contribution in [1.82, 2.24) is 4.57 Å². The van der Waals surface area contributed by atoms with E-state index in [9.17, 15) is 19.1 Å². The number of carboxylic acids is 1. The zero-order valence-electron chi connectivity index (χ0n) is 19.5. The highest BCUT2D eigenvalue weighted by Gasteiger charge is 2.26. The predicted octanol–water partition coefficient (Wildman–Crippen LogP) is 4.97. The quantitative estimate of drug-likeness (QED) is 0.403. The van der Waals surface area contributed by atoms with E-state index in [1.807, 2.05) is 42.3 Å². The minimum Gasteiger partial charge on any atom is -0.477 e. The van der Waals surface area contributed by atoms with Crippen LogP contribution in [0.3, 0.4) is 0 Å². The number of carbonyl (C=O) groups is 1. The Hall–Kier alpha value is -4.33. The molecule has 1 N–H and O–H groups in total. The van der Waals surface area contributed by atoms with Gasteiger partial charge in [0.2, 0.25) is 5.43 Å². The molecule has 0 radical (unpaired) electrons. The third kappa shape index (κ3) is 4.49. The van der Waals surface area contributed by atoms with Crippen molar-refractivity contribution in [2.24, 2.45) is 4.99 Å². The minimum absolute atomic E-state index is 0.0184. The molecule has 36 heavy (non-hydrogen) atoms. The van der Waals surface area contributed by atoms with Crippen molar-refractivity contribution in [2.45, 2.75) is 19.4 Å². The van der Waals surface area contributed by atoms with Crippen LogP contribution in [0.5, 0.6) is 0 Å². The number of rotatable bonds is 5. The summed E-state index contributed by atoms with van der Waals surface area (Å²) in [6.45, 7) is 3.09. The first-order chi connectivity index (χ1) is 17.3. The molecule has 6 nitrogen and oxygen atoms in total. The van der Waals surface area contributed by atoms with Gasteiger partial charge in [-0.1, -0.05) is 29.8 Å². The van der Waals surface area contributed by atoms with Crippen LogP contribution >= 0.6 is 0 Å². The fourth-order valence-electron chi connectivity index (χ4n) is 4.47. The van der Waals surface area contributed by atoms with Crippen molar-refractivity contribution in [1.29, 1.82) is 0 Å². The van der Waals surface area contributed by atoms with Crippen LogP contribution in [0.1, 0.15) is 27.9 Å². The zero-order valence-corrected chi connectivity index (χ0v) is 19.5. The van der Waals surface area contributed by atoms with Gasteiger partial charge < -0.3 is 14.6 Å². The Kier molecular flexibility index (Phi) is 6.10. The minimum atomic E-state index is -1.42. The Balaban J connectivity index is 1.53. The fourth-order valence-corrected chi connectivity index (χ4v) is 4.47. The average Bonchev–Trinajstić information content (AvgIpc) is 3.33. The summed E-state index contributed by atoms with van der Waals surface area (Å²) in [6, 6.07) is 16.1. The number of aromatic carboxylic acids is 1. The van der Waals surface area contributed by atoms with E-state index in [4.69, 9.17) is 0 Å². The van der Waals surface area contributed by atoms with Gasteiger partial charge in [-0.05, 0) is 55.3 Å². The highest BCUT2D eigenvalue weighted by Crippen LogP contribution is 2.30. The molecule has 0 amide bonds. The number of anilines is 1. The van der Waals surface area contributed by atoms with Crippen LogP contribution in [-0.2, 0) is 0 Å². The summed E-state index contributed by atoms with van der Waals surface area (Å²) in [5.74, 6) is -2.49. The lowest BCUT2D eigenvalue weighted by Gasteiger charge is -2.21. The number of benzene rings is 3. The number of hydrogen-bond acceptors (Lipinski definition) is 4. The number of aliphatic imine (C=N–C) groups is 1. The largest absolute Gasteiger partial charge is 0.477 e. The topological polar surface area (TPSA) is 74.9 Å². The molecule has 1 atom stereocenters. The maximum atomic E-state index is 15.3. The molecule has 1 aromatic heterocycles. The van der Waals surface area contributed by atoms with Gasteiger partial charge in [-0.2, -0.15) is 0 Å². The first-order valence-electron chi connectivity index (χ1n) is 11.5. The van der Waals surface area contributed by atoms with E-state index in [1.165, 1.54) is 40.6 Å². The normalized spacial score (nSPS) is 15.8. The lowest BCUT2D eigenvalue weighted by Crippen LogP contribution is -2.23. The zero-order chi connectivity index (χ0) is 25.4. The Bertz CT molecular complexity index is 1540. The van der Waals surface area contributed by atoms with Gasteiger partial charge >= 0.3 is 5.97 Å². The Morgan fingerprint density at radius 2 is 1.81 bits per heavy atom. The molecule has 4 aromatic rings. The number of pyridine rings is 1. The van der Waals surface area contributed by atoms with Gasteiger partial charge in [-0.25, -0.2) is 13.6 Å². The second-order valence-corrected chi connectivity index (χ2v) is 8.92. The van der Waals surface area contributed by atoms with Crippen LogP contribution in [0.15, 0.2) is 76.6 Å². The smallest absolute Gasteiger partial charge is 0.341 e. The van der Waals surface area contributed by atoms with E-state index < -0.39 is 28.6 Å². The molecule has 1 unspecified atom stereocenters. The van der Waals surface area contributed by atoms with Crippen LogP contribution in [0, 0.1) is 18.6 Å². The molecule has 182 valence electrons. The molecule has 3 aromatic carbocycles. The first kappa shape index (κ1) is 23.4. The van der Waals surface area contributed by atoms with E-state index in [2.05, 4.69) is 4.99 Å². The molecule has 1 aliphatic rings. The summed E-state index contributed by atoms with van der Waals surface area (Å²) >= 11 is 0. The average molecular weight is 488 g/mol. The molecule has 1 fully saturated rings. The lowest BCUT2D eigenvalue weighted by molar-refractivity contribution is 0.0695. The summed E-state index contributed by atoms with van der Waals surface area (Å²) in [4.78, 5) is 31.1. The number of fused-ring (bicyclic) bond motifs is 1. The van der Waals surface area contributed by atoms with Gasteiger partial charge in [0.05, 0.1) is 17.2 Å². The molecule has 0 saturated carbocycles. The van der Waals surface area contributed by atoms with Crippen molar-refractivity contribution in [2.75, 3.05) is 18.0 Å². The number of carboxylic acid groups (broad SMARTS) is 1. The van der Waals surface area contributed by atoms with Crippen LogP contribution < -0.4 is 10.3 Å². The maximum Gasteiger partial charge on any atom is 0.341 e. The molecule has 2 heterocycles. The number of aryl methyl sites for hydroxylation is 1. The van der Waals surface area contributed by atoms with Crippen molar-refractivity contribution in [3.63, 3.8) is 0 Å². The summed E-state index contributed by atoms with van der Waals surface area (Å²) in [5.41, 5.74) is 1.97. The third-order valence-corrected chi connectivity index (χ3v) is 6.42. The van der Waals surface area contributed by atoms with Crippen molar-refractivity contribution >= 4 is 28.8 Å². The number of aromatic nitrogens is 1. The van der Waals surface area contributed by atoms with Gasteiger partial charge in [-0.3, -0.25) is 9.79 Å². The van der Waals surface area contributed by atoms with Crippen molar-refractivity contribution in [3.05, 3.63) is 105 Å². The van der Waals surface area contributed by atoms with E-state index >= 15 is 4.39 Å². The van der Waals surface area contributed by atoms with Gasteiger partial charge in [0.1, 0.15) is 17.2 Å². The van der Waals surface area contributed by atoms with Gasteiger partial charge in [-0.15, -0.1) is 0 Å². The van der Waals surface area contributed by atoms with Gasteiger partial charge in [0, 0.05) is 36.6 Å². The summed E-state index contributed by atoms with van der Waals surface area (Å²) < 4.78 is 30.3. The van der Waals surface area contributed by atoms with Gasteiger partial charge in [0.15, 0.2) is 0 Å². The molecule has 0 spiro atoms. The third-order valence-electron chi connectivity index (χ3n) is 6.42. The molecule has 1 saturated heterocycles. The Morgan fingerprint density at radius 1 is 1.08 bits per heavy atom. The second kappa shape index (κ2) is 9.37. The standard InChI is InChI=1S/C28H23F2N3O3/c1-17-2-4-18(5-3-17)14-31-20-10-11-32(15-20)26-13-25-22(12-24(26)30)27(34)23(28(35)36)16-33(25)21-8-6-19(29)7-9-21/h2-9,12-14,16,20H,10-11,15H2,1H3,(H,35,36). The highest BCUT2D eigenvalue weighted by molar-refractivity contribution is 5.94. The van der Waals surface area contributed by atoms with Crippen molar-refractivity contribution in [3.8, 4) is 5.69 Å². The van der Waals surface area contributed by atoms with E-state index in [1.54, 1.807) is 6.07 Å². The SMILES string of the molecule is Cc1ccc(C=NC2CCN(c3cc4c(cc3F)c(=O)c(C(=O)O)cn4-c3ccc(F)cc3)C2)cc1. The van der Waals surface area contributed by atoms with Crippen LogP contribution in [0.25, 0.3) is 16.6 Å². The van der Waals surface area contributed by atoms with Crippen LogP contribution in [-0.4, -0.2) is 41.0 Å². The lowest BCUT2D eigenvalue weighted by atomic mass is 10.1. The fraction of sp³-hybridized carbons (Fsp3) is 0.179. The number of nitrogens with zero attached hydrogens (tertiary/aromatic N) is 3.